The average molecular weight is 406 g/mol. The molecule has 30 heavy (non-hydrogen) atoms. The van der Waals surface area contributed by atoms with Gasteiger partial charge in [0.25, 0.3) is 0 Å². The van der Waals surface area contributed by atoms with Crippen LogP contribution >= 0.6 is 0 Å². The van der Waals surface area contributed by atoms with E-state index in [4.69, 9.17) is 0 Å². The molecule has 1 saturated heterocycles. The Balaban J connectivity index is 1.37. The van der Waals surface area contributed by atoms with E-state index in [9.17, 15) is 9.18 Å². The summed E-state index contributed by atoms with van der Waals surface area (Å²) in [6.45, 7) is 3.94. The number of urea groups is 1. The highest BCUT2D eigenvalue weighted by molar-refractivity contribution is 5.99. The van der Waals surface area contributed by atoms with Crippen LogP contribution in [0, 0.1) is 12.7 Å². The Bertz CT molecular complexity index is 1020. The third-order valence-corrected chi connectivity index (χ3v) is 4.75. The second-order valence-electron chi connectivity index (χ2n) is 7.18. The van der Waals surface area contributed by atoms with Crippen molar-refractivity contribution in [1.82, 2.24) is 9.97 Å². The number of nitrogens with zero attached hydrogens (tertiary/aromatic N) is 3. The van der Waals surface area contributed by atoms with Crippen LogP contribution in [0.2, 0.25) is 0 Å². The number of hydrogen-bond acceptors (Lipinski definition) is 5. The molecule has 3 aromatic rings. The lowest BCUT2D eigenvalue weighted by Gasteiger charge is -2.17. The van der Waals surface area contributed by atoms with Gasteiger partial charge < -0.3 is 20.9 Å². The van der Waals surface area contributed by atoms with Gasteiger partial charge in [0.1, 0.15) is 11.6 Å². The molecule has 7 nitrogen and oxygen atoms in total. The summed E-state index contributed by atoms with van der Waals surface area (Å²) >= 11 is 0. The molecule has 0 atom stereocenters. The summed E-state index contributed by atoms with van der Waals surface area (Å²) in [6, 6.07) is 14.4. The second-order valence-corrected chi connectivity index (χ2v) is 7.18. The zero-order valence-electron chi connectivity index (χ0n) is 16.7. The Labute approximate surface area is 174 Å². The summed E-state index contributed by atoms with van der Waals surface area (Å²) in [6.07, 6.45) is 2.34. The molecule has 1 fully saturated rings. The fourth-order valence-corrected chi connectivity index (χ4v) is 3.29. The summed E-state index contributed by atoms with van der Waals surface area (Å²) in [5.41, 5.74) is 2.91. The van der Waals surface area contributed by atoms with E-state index in [0.29, 0.717) is 11.4 Å². The van der Waals surface area contributed by atoms with E-state index in [2.05, 4.69) is 30.8 Å². The fraction of sp³-hybridized carbons (Fsp3) is 0.227. The Morgan fingerprint density at radius 3 is 2.10 bits per heavy atom. The van der Waals surface area contributed by atoms with Crippen LogP contribution in [0.4, 0.5) is 38.0 Å². The number of halogens is 1. The lowest BCUT2D eigenvalue weighted by atomic mass is 10.2. The van der Waals surface area contributed by atoms with Gasteiger partial charge in [0.2, 0.25) is 5.95 Å². The summed E-state index contributed by atoms with van der Waals surface area (Å²) in [4.78, 5) is 23.5. The molecule has 0 bridgehead atoms. The van der Waals surface area contributed by atoms with Gasteiger partial charge in [-0.1, -0.05) is 0 Å². The maximum atomic E-state index is 12.9. The monoisotopic (exact) mass is 406 g/mol. The first-order valence-electron chi connectivity index (χ1n) is 9.86. The minimum atomic E-state index is -0.399. The van der Waals surface area contributed by atoms with Crippen molar-refractivity contribution >= 4 is 34.9 Å². The summed E-state index contributed by atoms with van der Waals surface area (Å²) in [7, 11) is 0. The van der Waals surface area contributed by atoms with E-state index >= 15 is 0 Å². The van der Waals surface area contributed by atoms with Crippen molar-refractivity contribution in [3.63, 3.8) is 0 Å². The molecule has 1 aliphatic heterocycles. The first-order valence-corrected chi connectivity index (χ1v) is 9.86. The Morgan fingerprint density at radius 2 is 1.47 bits per heavy atom. The number of benzene rings is 2. The average Bonchev–Trinajstić information content (AvgIpc) is 3.26. The molecular weight excluding hydrogens is 383 g/mol. The van der Waals surface area contributed by atoms with Gasteiger partial charge in [-0.05, 0) is 68.3 Å². The molecule has 0 radical (unpaired) electrons. The lowest BCUT2D eigenvalue weighted by Crippen LogP contribution is -2.21. The number of aryl methyl sites for hydroxylation is 1. The molecule has 2 amide bonds. The normalized spacial score (nSPS) is 13.2. The third-order valence-electron chi connectivity index (χ3n) is 4.75. The predicted octanol–water partition coefficient (Wildman–Crippen LogP) is 4.91. The molecule has 2 heterocycles. The van der Waals surface area contributed by atoms with Crippen LogP contribution in [0.3, 0.4) is 0 Å². The third kappa shape index (κ3) is 5.02. The van der Waals surface area contributed by atoms with Crippen LogP contribution in [0.15, 0.2) is 54.6 Å². The highest BCUT2D eigenvalue weighted by Crippen LogP contribution is 2.22. The number of carbonyl (C=O) groups excluding carboxylic acids is 1. The van der Waals surface area contributed by atoms with E-state index < -0.39 is 6.03 Å². The minimum absolute atomic E-state index is 0.351. The number of nitrogens with one attached hydrogen (secondary N) is 3. The van der Waals surface area contributed by atoms with Crippen molar-refractivity contribution in [2.75, 3.05) is 33.9 Å². The smallest absolute Gasteiger partial charge is 0.323 e. The lowest BCUT2D eigenvalue weighted by molar-refractivity contribution is 0.262. The van der Waals surface area contributed by atoms with Gasteiger partial charge in [0.15, 0.2) is 0 Å². The largest absolute Gasteiger partial charge is 0.341 e. The van der Waals surface area contributed by atoms with Gasteiger partial charge in [0.05, 0.1) is 0 Å². The molecule has 154 valence electrons. The molecule has 2 aromatic carbocycles. The number of rotatable bonds is 5. The van der Waals surface area contributed by atoms with E-state index in [1.54, 1.807) is 12.1 Å². The molecule has 1 aromatic heterocycles. The van der Waals surface area contributed by atoms with Crippen molar-refractivity contribution in [2.24, 2.45) is 0 Å². The van der Waals surface area contributed by atoms with Gasteiger partial charge in [-0.2, -0.15) is 4.98 Å². The predicted molar refractivity (Wildman–Crippen MR) is 117 cm³/mol. The maximum absolute atomic E-state index is 12.9. The van der Waals surface area contributed by atoms with Gasteiger partial charge in [-0.3, -0.25) is 0 Å². The summed E-state index contributed by atoms with van der Waals surface area (Å²) in [5, 5.41) is 8.70. The molecule has 0 unspecified atom stereocenters. The van der Waals surface area contributed by atoms with E-state index in [-0.39, 0.29) is 5.82 Å². The Hall–Kier alpha value is -3.68. The first-order chi connectivity index (χ1) is 14.5. The van der Waals surface area contributed by atoms with Crippen LogP contribution in [-0.2, 0) is 0 Å². The zero-order chi connectivity index (χ0) is 20.9. The van der Waals surface area contributed by atoms with Gasteiger partial charge in [-0.15, -0.1) is 0 Å². The molecule has 0 aliphatic carbocycles. The van der Waals surface area contributed by atoms with E-state index in [1.807, 2.05) is 25.1 Å². The van der Waals surface area contributed by atoms with Gasteiger partial charge in [-0.25, -0.2) is 14.2 Å². The number of hydrogen-bond donors (Lipinski definition) is 3. The molecule has 0 saturated carbocycles. The highest BCUT2D eigenvalue weighted by Gasteiger charge is 2.16. The standard InChI is InChI=1S/C22H23FN6O/c1-15-14-20(28-21(24-15)29-12-2-3-13-29)25-17-8-10-19(11-9-17)27-22(30)26-18-6-4-16(23)5-7-18/h4-11,14H,2-3,12-13H2,1H3,(H,24,25,28)(H2,26,27,30). The Morgan fingerprint density at radius 1 is 0.900 bits per heavy atom. The fourth-order valence-electron chi connectivity index (χ4n) is 3.29. The zero-order valence-corrected chi connectivity index (χ0v) is 16.7. The van der Waals surface area contributed by atoms with Crippen LogP contribution in [0.1, 0.15) is 18.5 Å². The number of anilines is 5. The van der Waals surface area contributed by atoms with Crippen LogP contribution < -0.4 is 20.9 Å². The van der Waals surface area contributed by atoms with Crippen molar-refractivity contribution < 1.29 is 9.18 Å². The molecule has 8 heteroatoms. The summed E-state index contributed by atoms with van der Waals surface area (Å²) in [5.74, 6) is 1.14. The topological polar surface area (TPSA) is 82.2 Å². The second kappa shape index (κ2) is 8.77. The molecular formula is C22H23FN6O. The van der Waals surface area contributed by atoms with Crippen LogP contribution in [0.5, 0.6) is 0 Å². The minimum Gasteiger partial charge on any atom is -0.341 e. The highest BCUT2D eigenvalue weighted by atomic mass is 19.1. The van der Waals surface area contributed by atoms with Gasteiger partial charge in [0, 0.05) is 41.9 Å². The summed E-state index contributed by atoms with van der Waals surface area (Å²) < 4.78 is 12.9. The van der Waals surface area contributed by atoms with Crippen LogP contribution in [-0.4, -0.2) is 29.1 Å². The molecule has 0 spiro atoms. The number of carbonyl (C=O) groups is 1. The number of aromatic nitrogens is 2. The Kier molecular flexibility index (Phi) is 5.74. The van der Waals surface area contributed by atoms with Crippen molar-refractivity contribution in [1.29, 1.82) is 0 Å². The van der Waals surface area contributed by atoms with Crippen LogP contribution in [0.25, 0.3) is 0 Å². The maximum Gasteiger partial charge on any atom is 0.323 e. The quantitative estimate of drug-likeness (QED) is 0.561. The molecule has 3 N–H and O–H groups in total. The number of amides is 2. The van der Waals surface area contributed by atoms with E-state index in [0.717, 1.165) is 36.2 Å². The van der Waals surface area contributed by atoms with E-state index in [1.165, 1.54) is 37.1 Å². The molecule has 1 aliphatic rings. The SMILES string of the molecule is Cc1cc(Nc2ccc(NC(=O)Nc3ccc(F)cc3)cc2)nc(N2CCCC2)n1. The van der Waals surface area contributed by atoms with Crippen molar-refractivity contribution in [3.8, 4) is 0 Å². The van der Waals surface area contributed by atoms with Gasteiger partial charge >= 0.3 is 6.03 Å². The first kappa shape index (κ1) is 19.6. The molecule has 4 rings (SSSR count). The van der Waals surface area contributed by atoms with Crippen molar-refractivity contribution in [2.45, 2.75) is 19.8 Å². The van der Waals surface area contributed by atoms with Crippen molar-refractivity contribution in [3.05, 3.63) is 66.1 Å².